The van der Waals surface area contributed by atoms with Gasteiger partial charge in [-0.25, -0.2) is 0 Å². The number of phenols is 1. The van der Waals surface area contributed by atoms with E-state index in [1.165, 1.54) is 45.2 Å². The summed E-state index contributed by atoms with van der Waals surface area (Å²) < 4.78 is 0. The second kappa shape index (κ2) is 11.1. The SMILES string of the molecule is C/C=C(\CN(C)C(=N)N1CCCC(N2CCCCCC2)CC1)c1cc(O)cc(Cl)c1. The minimum Gasteiger partial charge on any atom is -0.508 e. The van der Waals surface area contributed by atoms with E-state index in [0.717, 1.165) is 37.1 Å². The number of allylic oxidation sites excluding steroid dienone is 1. The Hall–Kier alpha value is -1.72. The number of nitrogens with one attached hydrogen (secondary N) is 1. The molecular weight excluding hydrogens is 396 g/mol. The maximum Gasteiger partial charge on any atom is 0.193 e. The topological polar surface area (TPSA) is 53.8 Å². The lowest BCUT2D eigenvalue weighted by atomic mass is 10.0. The van der Waals surface area contributed by atoms with Crippen molar-refractivity contribution in [1.29, 1.82) is 5.41 Å². The van der Waals surface area contributed by atoms with Crippen LogP contribution in [-0.2, 0) is 0 Å². The van der Waals surface area contributed by atoms with Crippen LogP contribution in [0.1, 0.15) is 57.4 Å². The average molecular weight is 433 g/mol. The Morgan fingerprint density at radius 1 is 1.10 bits per heavy atom. The van der Waals surface area contributed by atoms with Gasteiger partial charge in [-0.05, 0) is 81.5 Å². The minimum absolute atomic E-state index is 0.168. The molecule has 6 heteroatoms. The summed E-state index contributed by atoms with van der Waals surface area (Å²) in [6.45, 7) is 7.01. The molecule has 1 aromatic carbocycles. The highest BCUT2D eigenvalue weighted by atomic mass is 35.5. The van der Waals surface area contributed by atoms with Gasteiger partial charge in [-0.1, -0.05) is 30.5 Å². The van der Waals surface area contributed by atoms with Crippen LogP contribution in [-0.4, -0.2) is 71.6 Å². The van der Waals surface area contributed by atoms with Gasteiger partial charge in [-0.2, -0.15) is 0 Å². The van der Waals surface area contributed by atoms with Crippen molar-refractivity contribution in [2.45, 2.75) is 57.9 Å². The van der Waals surface area contributed by atoms with Crippen molar-refractivity contribution in [3.05, 3.63) is 34.9 Å². The first-order valence-electron chi connectivity index (χ1n) is 11.4. The Morgan fingerprint density at radius 2 is 1.83 bits per heavy atom. The molecule has 2 aliphatic heterocycles. The standard InChI is InChI=1S/C24H37ClN4O/c1-3-19(20-15-21(25)17-23(30)16-20)18-27(2)24(26)29-13-8-9-22(10-14-29)28-11-6-4-5-7-12-28/h3,15-17,22,26,30H,4-14,18H2,1-2H3/b19-3+,26-24?. The predicted octanol–water partition coefficient (Wildman–Crippen LogP) is 5.05. The van der Waals surface area contributed by atoms with E-state index >= 15 is 0 Å². The quantitative estimate of drug-likeness (QED) is 0.516. The lowest BCUT2D eigenvalue weighted by Gasteiger charge is -2.32. The molecule has 5 nitrogen and oxygen atoms in total. The van der Waals surface area contributed by atoms with E-state index in [2.05, 4.69) is 9.80 Å². The smallest absolute Gasteiger partial charge is 0.193 e. The summed E-state index contributed by atoms with van der Waals surface area (Å²) in [5.41, 5.74) is 1.96. The third kappa shape index (κ3) is 6.14. The highest BCUT2D eigenvalue weighted by Gasteiger charge is 2.25. The van der Waals surface area contributed by atoms with E-state index < -0.39 is 0 Å². The van der Waals surface area contributed by atoms with E-state index in [4.69, 9.17) is 17.0 Å². The molecule has 0 aliphatic carbocycles. The molecule has 0 spiro atoms. The number of aromatic hydroxyl groups is 1. The first-order chi connectivity index (χ1) is 14.5. The summed E-state index contributed by atoms with van der Waals surface area (Å²) in [6.07, 6.45) is 11.0. The number of hydrogen-bond acceptors (Lipinski definition) is 3. The molecule has 0 radical (unpaired) electrons. The van der Waals surface area contributed by atoms with Crippen molar-refractivity contribution in [3.8, 4) is 5.75 Å². The van der Waals surface area contributed by atoms with Crippen LogP contribution < -0.4 is 0 Å². The number of benzene rings is 1. The number of nitrogens with zero attached hydrogens (tertiary/aromatic N) is 3. The zero-order valence-corrected chi connectivity index (χ0v) is 19.3. The van der Waals surface area contributed by atoms with Gasteiger partial charge in [0.05, 0.1) is 0 Å². The molecule has 30 heavy (non-hydrogen) atoms. The van der Waals surface area contributed by atoms with Crippen LogP contribution in [0.5, 0.6) is 5.75 Å². The number of rotatable bonds is 4. The average Bonchev–Trinajstić information content (AvgIpc) is 3.13. The Kier molecular flexibility index (Phi) is 8.46. The number of phenolic OH excluding ortho intramolecular Hbond substituents is 1. The summed E-state index contributed by atoms with van der Waals surface area (Å²) in [7, 11) is 1.98. The molecule has 2 aliphatic rings. The Morgan fingerprint density at radius 3 is 2.50 bits per heavy atom. The fourth-order valence-corrected chi connectivity index (χ4v) is 5.03. The normalized spacial score (nSPS) is 21.8. The first-order valence-corrected chi connectivity index (χ1v) is 11.8. The fourth-order valence-electron chi connectivity index (χ4n) is 4.80. The van der Waals surface area contributed by atoms with Gasteiger partial charge in [0.25, 0.3) is 0 Å². The predicted molar refractivity (Wildman–Crippen MR) is 126 cm³/mol. The van der Waals surface area contributed by atoms with E-state index in [-0.39, 0.29) is 5.75 Å². The zero-order chi connectivity index (χ0) is 21.5. The Bertz CT molecular complexity index is 722. The van der Waals surface area contributed by atoms with Crippen LogP contribution in [0.4, 0.5) is 0 Å². The largest absolute Gasteiger partial charge is 0.508 e. The van der Waals surface area contributed by atoms with Crippen molar-refractivity contribution < 1.29 is 5.11 Å². The highest BCUT2D eigenvalue weighted by molar-refractivity contribution is 6.30. The number of likely N-dealkylation sites (tertiary alicyclic amines) is 2. The summed E-state index contributed by atoms with van der Waals surface area (Å²) in [4.78, 5) is 6.95. The van der Waals surface area contributed by atoms with Gasteiger partial charge < -0.3 is 19.8 Å². The Labute approximate surface area is 186 Å². The molecule has 2 saturated heterocycles. The van der Waals surface area contributed by atoms with Crippen molar-refractivity contribution in [1.82, 2.24) is 14.7 Å². The lowest BCUT2D eigenvalue weighted by Crippen LogP contribution is -2.43. The molecule has 0 aromatic heterocycles. The maximum atomic E-state index is 9.89. The molecule has 1 aromatic rings. The summed E-state index contributed by atoms with van der Waals surface area (Å²) >= 11 is 6.12. The number of likely N-dealkylation sites (N-methyl/N-ethyl adjacent to an activating group) is 1. The van der Waals surface area contributed by atoms with Gasteiger partial charge in [0.2, 0.25) is 0 Å². The van der Waals surface area contributed by atoms with Gasteiger partial charge in [0.15, 0.2) is 5.96 Å². The van der Waals surface area contributed by atoms with Crippen LogP contribution >= 0.6 is 11.6 Å². The van der Waals surface area contributed by atoms with Crippen molar-refractivity contribution in [2.75, 3.05) is 39.8 Å². The molecular formula is C24H37ClN4O. The first kappa shape index (κ1) is 23.0. The molecule has 1 unspecified atom stereocenters. The third-order valence-electron chi connectivity index (χ3n) is 6.53. The molecule has 3 rings (SSSR count). The van der Waals surface area contributed by atoms with Crippen LogP contribution in [0.15, 0.2) is 24.3 Å². The fraction of sp³-hybridized carbons (Fsp3) is 0.625. The van der Waals surface area contributed by atoms with Crippen molar-refractivity contribution in [2.24, 2.45) is 0 Å². The van der Waals surface area contributed by atoms with Crippen molar-refractivity contribution >= 4 is 23.1 Å². The summed E-state index contributed by atoms with van der Waals surface area (Å²) in [5, 5.41) is 19.2. The van der Waals surface area contributed by atoms with E-state index in [0.29, 0.717) is 23.6 Å². The Balaban J connectivity index is 1.58. The number of guanidine groups is 1. The highest BCUT2D eigenvalue weighted by Crippen LogP contribution is 2.26. The molecule has 2 fully saturated rings. The minimum atomic E-state index is 0.168. The van der Waals surface area contributed by atoms with Crippen molar-refractivity contribution in [3.63, 3.8) is 0 Å². The van der Waals surface area contributed by atoms with Crippen LogP contribution in [0.25, 0.3) is 5.57 Å². The van der Waals surface area contributed by atoms with E-state index in [9.17, 15) is 5.11 Å². The summed E-state index contributed by atoms with van der Waals surface area (Å²) in [5.74, 6) is 0.749. The maximum absolute atomic E-state index is 9.89. The molecule has 2 N–H and O–H groups in total. The molecule has 0 amide bonds. The van der Waals surface area contributed by atoms with Gasteiger partial charge in [0.1, 0.15) is 5.75 Å². The van der Waals surface area contributed by atoms with Gasteiger partial charge >= 0.3 is 0 Å². The van der Waals surface area contributed by atoms with Gasteiger partial charge in [-0.3, -0.25) is 5.41 Å². The second-order valence-corrected chi connectivity index (χ2v) is 9.15. The molecule has 0 saturated carbocycles. The van der Waals surface area contributed by atoms with E-state index in [1.807, 2.05) is 31.0 Å². The molecule has 0 bridgehead atoms. The monoisotopic (exact) mass is 432 g/mol. The summed E-state index contributed by atoms with van der Waals surface area (Å²) in [6, 6.07) is 5.82. The van der Waals surface area contributed by atoms with Gasteiger partial charge in [-0.15, -0.1) is 0 Å². The van der Waals surface area contributed by atoms with Crippen LogP contribution in [0.3, 0.4) is 0 Å². The number of halogens is 1. The lowest BCUT2D eigenvalue weighted by molar-refractivity contribution is 0.186. The van der Waals surface area contributed by atoms with Gasteiger partial charge in [0, 0.05) is 37.7 Å². The second-order valence-electron chi connectivity index (χ2n) is 8.71. The molecule has 2 heterocycles. The number of hydrogen-bond donors (Lipinski definition) is 2. The zero-order valence-electron chi connectivity index (χ0n) is 18.5. The molecule has 1 atom stereocenters. The van der Waals surface area contributed by atoms with E-state index in [1.54, 1.807) is 12.1 Å². The van der Waals surface area contributed by atoms with Crippen LogP contribution in [0.2, 0.25) is 5.02 Å². The van der Waals surface area contributed by atoms with Crippen LogP contribution in [0, 0.1) is 5.41 Å². The molecule has 166 valence electrons. The third-order valence-corrected chi connectivity index (χ3v) is 6.74.